The highest BCUT2D eigenvalue weighted by atomic mass is 32.2. The number of esters is 1. The highest BCUT2D eigenvalue weighted by molar-refractivity contribution is 7.86. The van der Waals surface area contributed by atoms with Gasteiger partial charge in [0.2, 0.25) is 0 Å². The fourth-order valence-corrected chi connectivity index (χ4v) is 9.01. The Morgan fingerprint density at radius 2 is 1.05 bits per heavy atom. The smallest absolute Gasteiger partial charge is 0.414 e. The molecule has 3 aliphatic heterocycles. The number of hydrogen-bond donors (Lipinski definition) is 4. The molecule has 4 amide bonds. The molecule has 3 saturated heterocycles. The van der Waals surface area contributed by atoms with Crippen LogP contribution in [0.4, 0.5) is 21.0 Å². The van der Waals surface area contributed by atoms with Crippen molar-refractivity contribution in [3.63, 3.8) is 0 Å². The molecule has 19 nitrogen and oxygen atoms in total. The standard InChI is InChI=1S/C32H37N5O5.C23H21N3O6S/c1-2-3-18-41-29(38)22-36-16-14-35(15-17-36)20-28-21-37(32(40)42-28)27-12-10-24(11-13-27)30(33)34-31(39)26-9-8-23-6-4-5-7-25(23)19-26;1-33(29,30)31-14-20-13-26(23(28)32-20)19-10-8-16(9-11-19)21(24)25-22(27)18-7-6-15-4-2-3-5-17(15)12-18/h4-13,19,28H,2-3,14-18,20-22H2,1H3,(H2,33,34,39);2-12,20H,13-14H2,1H3,(H2,24,25,27). The van der Waals surface area contributed by atoms with Gasteiger partial charge in [-0.2, -0.15) is 8.42 Å². The number of piperazine rings is 1. The van der Waals surface area contributed by atoms with E-state index in [1.807, 2.05) is 66.7 Å². The van der Waals surface area contributed by atoms with Crippen molar-refractivity contribution in [2.75, 3.05) is 81.6 Å². The Hall–Kier alpha value is -8.04. The van der Waals surface area contributed by atoms with Crippen molar-refractivity contribution in [1.29, 1.82) is 10.8 Å². The number of nitrogens with zero attached hydrogens (tertiary/aromatic N) is 4. The molecular weight excluding hydrogens is 981 g/mol. The molecule has 3 fully saturated rings. The van der Waals surface area contributed by atoms with Gasteiger partial charge in [0.1, 0.15) is 30.5 Å². The molecule has 0 spiro atoms. The van der Waals surface area contributed by atoms with E-state index in [2.05, 4.69) is 27.4 Å². The molecule has 9 rings (SSSR count). The molecule has 75 heavy (non-hydrogen) atoms. The molecule has 6 aromatic rings. The number of fused-ring (bicyclic) bond motifs is 2. The number of amidine groups is 2. The fourth-order valence-electron chi connectivity index (χ4n) is 8.62. The summed E-state index contributed by atoms with van der Waals surface area (Å²) in [6.07, 6.45) is 0.806. The SMILES string of the molecule is CCCCOC(=O)CN1CCN(CC2CN(c3ccc(C(=N)NC(=O)c4ccc5ccccc5c4)cc3)C(=O)O2)CC1.CS(=O)(=O)OCC1CN(c2ccc(C(=N)NC(=O)c3ccc4ccccc4c3)cc2)C(=O)O1. The van der Waals surface area contributed by atoms with Crippen LogP contribution in [0.1, 0.15) is 51.6 Å². The number of cyclic esters (lactones) is 2. The Morgan fingerprint density at radius 1 is 0.613 bits per heavy atom. The number of rotatable bonds is 16. The number of nitrogens with one attached hydrogen (secondary N) is 4. The third kappa shape index (κ3) is 14.4. The van der Waals surface area contributed by atoms with E-state index >= 15 is 0 Å². The van der Waals surface area contributed by atoms with Crippen LogP contribution >= 0.6 is 0 Å². The molecule has 3 aliphatic rings. The van der Waals surface area contributed by atoms with Crippen molar-refractivity contribution >= 4 is 84.7 Å². The lowest BCUT2D eigenvalue weighted by atomic mass is 10.1. The van der Waals surface area contributed by atoms with Crippen molar-refractivity contribution < 1.29 is 50.8 Å². The van der Waals surface area contributed by atoms with Gasteiger partial charge in [-0.1, -0.05) is 74.0 Å². The molecule has 0 aliphatic carbocycles. The van der Waals surface area contributed by atoms with E-state index < -0.39 is 34.3 Å². The van der Waals surface area contributed by atoms with E-state index in [-0.39, 0.29) is 42.8 Å². The minimum absolute atomic E-state index is 0.0186. The Morgan fingerprint density at radius 3 is 1.53 bits per heavy atom. The molecule has 2 atom stereocenters. The van der Waals surface area contributed by atoms with Crippen LogP contribution in [0.25, 0.3) is 21.5 Å². The summed E-state index contributed by atoms with van der Waals surface area (Å²) in [5.41, 5.74) is 3.09. The average molecular weight is 1040 g/mol. The number of anilines is 2. The Bertz CT molecular complexity index is 3200. The topological polar surface area (TPSA) is 241 Å². The number of unbranched alkanes of at least 4 members (excludes halogenated alkanes) is 1. The van der Waals surface area contributed by atoms with Crippen molar-refractivity contribution in [2.45, 2.75) is 32.0 Å². The van der Waals surface area contributed by atoms with Crippen molar-refractivity contribution in [1.82, 2.24) is 20.4 Å². The number of carbonyl (C=O) groups is 5. The third-order valence-electron chi connectivity index (χ3n) is 12.7. The van der Waals surface area contributed by atoms with Gasteiger partial charge in [0, 0.05) is 66.4 Å². The summed E-state index contributed by atoms with van der Waals surface area (Å²) < 4.78 is 43.0. The predicted molar refractivity (Wildman–Crippen MR) is 284 cm³/mol. The monoisotopic (exact) mass is 1040 g/mol. The summed E-state index contributed by atoms with van der Waals surface area (Å²) in [7, 11) is -3.64. The molecule has 6 aromatic carbocycles. The molecule has 0 saturated carbocycles. The molecule has 4 N–H and O–H groups in total. The highest BCUT2D eigenvalue weighted by Crippen LogP contribution is 2.25. The van der Waals surface area contributed by atoms with Crippen LogP contribution in [0, 0.1) is 10.8 Å². The first-order chi connectivity index (χ1) is 36.1. The zero-order valence-electron chi connectivity index (χ0n) is 41.5. The molecule has 2 unspecified atom stereocenters. The van der Waals surface area contributed by atoms with Gasteiger partial charge in [-0.05, 0) is 101 Å². The maximum atomic E-state index is 12.8. The summed E-state index contributed by atoms with van der Waals surface area (Å²) in [5.74, 6) is -1.02. The number of amides is 4. The maximum Gasteiger partial charge on any atom is 0.414 e. The van der Waals surface area contributed by atoms with Crippen molar-refractivity contribution in [3.8, 4) is 0 Å². The largest absolute Gasteiger partial charge is 0.465 e. The summed E-state index contributed by atoms with van der Waals surface area (Å²) in [5, 5.41) is 25.8. The van der Waals surface area contributed by atoms with Crippen LogP contribution in [0.2, 0.25) is 0 Å². The molecule has 3 heterocycles. The summed E-state index contributed by atoms with van der Waals surface area (Å²) in [6.45, 7) is 6.88. The molecular formula is C55H58N8O11S. The van der Waals surface area contributed by atoms with Crippen LogP contribution in [0.3, 0.4) is 0 Å². The van der Waals surface area contributed by atoms with Gasteiger partial charge < -0.3 is 24.8 Å². The Kier molecular flexibility index (Phi) is 17.3. The molecule has 20 heteroatoms. The fraction of sp³-hybridized carbons (Fsp3) is 0.291. The van der Waals surface area contributed by atoms with Crippen LogP contribution in [-0.2, 0) is 33.3 Å². The first kappa shape index (κ1) is 53.3. The minimum atomic E-state index is -3.64. The van der Waals surface area contributed by atoms with E-state index in [4.69, 9.17) is 29.2 Å². The second-order valence-corrected chi connectivity index (χ2v) is 19.9. The van der Waals surface area contributed by atoms with Crippen molar-refractivity contribution in [2.24, 2.45) is 0 Å². The highest BCUT2D eigenvalue weighted by Gasteiger charge is 2.35. The average Bonchev–Trinajstić information content (AvgIpc) is 3.98. The molecule has 0 bridgehead atoms. The normalized spacial score (nSPS) is 16.9. The minimum Gasteiger partial charge on any atom is -0.465 e. The zero-order chi connectivity index (χ0) is 53.1. The van der Waals surface area contributed by atoms with Gasteiger partial charge in [-0.3, -0.25) is 49.0 Å². The number of carbonyl (C=O) groups excluding carboxylic acids is 5. The predicted octanol–water partition coefficient (Wildman–Crippen LogP) is 6.78. The lowest BCUT2D eigenvalue weighted by Gasteiger charge is -2.34. The van der Waals surface area contributed by atoms with Gasteiger partial charge in [0.05, 0.1) is 32.5 Å². The lowest BCUT2D eigenvalue weighted by molar-refractivity contribution is -0.145. The maximum absolute atomic E-state index is 12.8. The number of ether oxygens (including phenoxy) is 3. The van der Waals surface area contributed by atoms with Gasteiger partial charge in [-0.25, -0.2) is 9.59 Å². The van der Waals surface area contributed by atoms with E-state index in [0.717, 1.165) is 66.8 Å². The van der Waals surface area contributed by atoms with E-state index in [9.17, 15) is 32.4 Å². The van der Waals surface area contributed by atoms with Gasteiger partial charge in [-0.15, -0.1) is 0 Å². The Labute approximate surface area is 434 Å². The summed E-state index contributed by atoms with van der Waals surface area (Å²) in [6, 6.07) is 39.6. The second kappa shape index (κ2) is 24.3. The zero-order valence-corrected chi connectivity index (χ0v) is 42.3. The van der Waals surface area contributed by atoms with E-state index in [0.29, 0.717) is 59.9 Å². The van der Waals surface area contributed by atoms with E-state index in [1.165, 1.54) is 4.90 Å². The van der Waals surface area contributed by atoms with Gasteiger partial charge >= 0.3 is 18.2 Å². The quantitative estimate of drug-likeness (QED) is 0.0196. The van der Waals surface area contributed by atoms with Crippen LogP contribution in [0.15, 0.2) is 133 Å². The van der Waals surface area contributed by atoms with Crippen LogP contribution in [0.5, 0.6) is 0 Å². The molecule has 390 valence electrons. The van der Waals surface area contributed by atoms with Crippen LogP contribution in [-0.4, -0.2) is 144 Å². The molecule has 0 radical (unpaired) electrons. The number of hydrogen-bond acceptors (Lipinski definition) is 15. The lowest BCUT2D eigenvalue weighted by Crippen LogP contribution is -2.50. The first-order valence-corrected chi connectivity index (χ1v) is 26.3. The van der Waals surface area contributed by atoms with Crippen molar-refractivity contribution in [3.05, 3.63) is 156 Å². The summed E-state index contributed by atoms with van der Waals surface area (Å²) in [4.78, 5) is 69.4. The second-order valence-electron chi connectivity index (χ2n) is 18.2. The third-order valence-corrected chi connectivity index (χ3v) is 13.3. The first-order valence-electron chi connectivity index (χ1n) is 24.5. The number of benzene rings is 6. The van der Waals surface area contributed by atoms with Crippen LogP contribution < -0.4 is 20.4 Å². The van der Waals surface area contributed by atoms with E-state index in [1.54, 1.807) is 71.6 Å². The van der Waals surface area contributed by atoms with Gasteiger partial charge in [0.15, 0.2) is 0 Å². The van der Waals surface area contributed by atoms with Gasteiger partial charge in [0.25, 0.3) is 21.9 Å². The summed E-state index contributed by atoms with van der Waals surface area (Å²) >= 11 is 0. The Balaban J connectivity index is 0.000000205. The molecule has 0 aromatic heterocycles.